The van der Waals surface area contributed by atoms with Crippen LogP contribution in [-0.2, 0) is 6.42 Å². The largest absolute Gasteiger partial charge is 0.205 e. The van der Waals surface area contributed by atoms with Gasteiger partial charge in [0, 0.05) is 11.1 Å². The number of benzene rings is 2. The van der Waals surface area contributed by atoms with Gasteiger partial charge in [0.25, 0.3) is 0 Å². The molecule has 1 fully saturated rings. The predicted molar refractivity (Wildman–Crippen MR) is 106 cm³/mol. The van der Waals surface area contributed by atoms with Gasteiger partial charge in [-0.25, -0.2) is 4.39 Å². The smallest absolute Gasteiger partial charge is 0.143 e. The molecule has 134 valence electrons. The van der Waals surface area contributed by atoms with E-state index in [-0.39, 0.29) is 5.02 Å². The van der Waals surface area contributed by atoms with Crippen molar-refractivity contribution in [2.75, 3.05) is 0 Å². The zero-order valence-corrected chi connectivity index (χ0v) is 16.0. The molecular formula is C24H24ClF. The van der Waals surface area contributed by atoms with Crippen LogP contribution < -0.4 is 0 Å². The van der Waals surface area contributed by atoms with Gasteiger partial charge in [0.15, 0.2) is 0 Å². The molecule has 0 heterocycles. The van der Waals surface area contributed by atoms with Crippen LogP contribution in [0.3, 0.4) is 0 Å². The summed E-state index contributed by atoms with van der Waals surface area (Å²) in [5, 5.41) is 0.136. The molecule has 0 radical (unpaired) electrons. The van der Waals surface area contributed by atoms with Crippen molar-refractivity contribution in [2.24, 2.45) is 11.8 Å². The average Bonchev–Trinajstić information content (AvgIpc) is 2.68. The normalized spacial score (nSPS) is 24.2. The summed E-state index contributed by atoms with van der Waals surface area (Å²) in [6, 6.07) is 11.4. The van der Waals surface area contributed by atoms with Crippen molar-refractivity contribution in [3.8, 4) is 11.8 Å². The average molecular weight is 367 g/mol. The maximum absolute atomic E-state index is 13.5. The first-order chi connectivity index (χ1) is 12.6. The molecule has 0 amide bonds. The zero-order valence-electron chi connectivity index (χ0n) is 15.2. The Morgan fingerprint density at radius 3 is 2.58 bits per heavy atom. The Labute approximate surface area is 160 Å². The second kappa shape index (κ2) is 7.45. The Kier molecular flexibility index (Phi) is 5.05. The third-order valence-electron chi connectivity index (χ3n) is 6.27. The minimum atomic E-state index is -0.419. The summed E-state index contributed by atoms with van der Waals surface area (Å²) in [5.41, 5.74) is 4.69. The predicted octanol–water partition coefficient (Wildman–Crippen LogP) is 6.74. The number of halogens is 2. The van der Waals surface area contributed by atoms with Crippen LogP contribution in [0.15, 0.2) is 36.4 Å². The van der Waals surface area contributed by atoms with Crippen molar-refractivity contribution in [2.45, 2.75) is 51.4 Å². The summed E-state index contributed by atoms with van der Waals surface area (Å²) in [6.07, 6.45) is 7.93. The van der Waals surface area contributed by atoms with Gasteiger partial charge in [-0.05, 0) is 91.3 Å². The standard InChI is InChI=1S/C24H24ClF/c1-2-16-5-10-21-19(13-16)8-9-20-14-17(6-11-22(20)21)3-4-18-7-12-23(25)24(26)15-18/h6-7,11-12,14-16,19,21H,2,5,8-10,13H2,1H3/t16-,19-,21+/m1/s1. The Morgan fingerprint density at radius 2 is 1.81 bits per heavy atom. The van der Waals surface area contributed by atoms with E-state index in [4.69, 9.17) is 11.6 Å². The highest BCUT2D eigenvalue weighted by molar-refractivity contribution is 6.30. The Hall–Kier alpha value is -1.78. The van der Waals surface area contributed by atoms with Crippen molar-refractivity contribution in [3.05, 3.63) is 69.5 Å². The minimum absolute atomic E-state index is 0.136. The van der Waals surface area contributed by atoms with Crippen LogP contribution in [0, 0.1) is 29.5 Å². The number of rotatable bonds is 1. The van der Waals surface area contributed by atoms with E-state index >= 15 is 0 Å². The van der Waals surface area contributed by atoms with E-state index in [0.29, 0.717) is 5.56 Å². The molecule has 3 atom stereocenters. The summed E-state index contributed by atoms with van der Waals surface area (Å²) < 4.78 is 13.5. The molecule has 0 aromatic heterocycles. The molecule has 0 saturated heterocycles. The fraction of sp³-hybridized carbons (Fsp3) is 0.417. The molecule has 0 bridgehead atoms. The number of hydrogen-bond donors (Lipinski definition) is 0. The highest BCUT2D eigenvalue weighted by Gasteiger charge is 2.34. The van der Waals surface area contributed by atoms with Gasteiger partial charge < -0.3 is 0 Å². The van der Waals surface area contributed by atoms with Gasteiger partial charge in [0.05, 0.1) is 5.02 Å². The highest BCUT2D eigenvalue weighted by atomic mass is 35.5. The van der Waals surface area contributed by atoms with Crippen LogP contribution in [0.2, 0.25) is 5.02 Å². The number of aryl methyl sites for hydroxylation is 1. The van der Waals surface area contributed by atoms with E-state index in [2.05, 4.69) is 37.0 Å². The minimum Gasteiger partial charge on any atom is -0.205 e. The molecule has 26 heavy (non-hydrogen) atoms. The third-order valence-corrected chi connectivity index (χ3v) is 6.57. The molecule has 0 N–H and O–H groups in total. The molecule has 4 rings (SSSR count). The van der Waals surface area contributed by atoms with Gasteiger partial charge in [0.1, 0.15) is 5.82 Å². The van der Waals surface area contributed by atoms with Crippen LogP contribution >= 0.6 is 11.6 Å². The molecule has 0 aliphatic heterocycles. The fourth-order valence-corrected chi connectivity index (χ4v) is 4.90. The second-order valence-corrected chi connectivity index (χ2v) is 8.19. The van der Waals surface area contributed by atoms with E-state index in [0.717, 1.165) is 29.7 Å². The van der Waals surface area contributed by atoms with Gasteiger partial charge in [-0.1, -0.05) is 42.9 Å². The lowest BCUT2D eigenvalue weighted by Gasteiger charge is -2.40. The first-order valence-corrected chi connectivity index (χ1v) is 10.1. The van der Waals surface area contributed by atoms with Crippen molar-refractivity contribution in [3.63, 3.8) is 0 Å². The van der Waals surface area contributed by atoms with Gasteiger partial charge in [-0.3, -0.25) is 0 Å². The maximum atomic E-state index is 13.5. The lowest BCUT2D eigenvalue weighted by atomic mass is 9.65. The molecule has 2 aliphatic carbocycles. The van der Waals surface area contributed by atoms with Gasteiger partial charge >= 0.3 is 0 Å². The number of fused-ring (bicyclic) bond motifs is 3. The van der Waals surface area contributed by atoms with E-state index < -0.39 is 5.82 Å². The van der Waals surface area contributed by atoms with E-state index in [9.17, 15) is 4.39 Å². The third kappa shape index (κ3) is 3.53. The molecule has 1 saturated carbocycles. The summed E-state index contributed by atoms with van der Waals surface area (Å²) in [5.74, 6) is 8.37. The van der Waals surface area contributed by atoms with Crippen LogP contribution in [0.1, 0.15) is 67.2 Å². The van der Waals surface area contributed by atoms with Gasteiger partial charge in [-0.15, -0.1) is 0 Å². The molecule has 2 aromatic rings. The SMILES string of the molecule is CC[C@@H]1CC[C@@H]2c3ccc(C#Cc4ccc(Cl)c(F)c4)cc3CC[C@@H]2C1. The van der Waals surface area contributed by atoms with Gasteiger partial charge in [-0.2, -0.15) is 0 Å². The van der Waals surface area contributed by atoms with Crippen LogP contribution in [0.5, 0.6) is 0 Å². The van der Waals surface area contributed by atoms with Gasteiger partial charge in [0.2, 0.25) is 0 Å². The maximum Gasteiger partial charge on any atom is 0.143 e. The summed E-state index contributed by atoms with van der Waals surface area (Å²) >= 11 is 5.73. The molecule has 0 nitrogen and oxygen atoms in total. The molecule has 2 heteroatoms. The Balaban J connectivity index is 1.56. The molecule has 2 aromatic carbocycles. The zero-order chi connectivity index (χ0) is 18.1. The summed E-state index contributed by atoms with van der Waals surface area (Å²) in [7, 11) is 0. The summed E-state index contributed by atoms with van der Waals surface area (Å²) in [4.78, 5) is 0. The first kappa shape index (κ1) is 17.6. The van der Waals surface area contributed by atoms with Crippen LogP contribution in [0.25, 0.3) is 0 Å². The number of hydrogen-bond acceptors (Lipinski definition) is 0. The van der Waals surface area contributed by atoms with Crippen molar-refractivity contribution >= 4 is 11.6 Å². The second-order valence-electron chi connectivity index (χ2n) is 7.79. The van der Waals surface area contributed by atoms with E-state index in [1.54, 1.807) is 17.7 Å². The first-order valence-electron chi connectivity index (χ1n) is 9.74. The highest BCUT2D eigenvalue weighted by Crippen LogP contribution is 2.47. The molecule has 0 spiro atoms. The van der Waals surface area contributed by atoms with Crippen molar-refractivity contribution in [1.29, 1.82) is 0 Å². The molecule has 0 unspecified atom stereocenters. The lowest BCUT2D eigenvalue weighted by Crippen LogP contribution is -2.27. The Bertz CT molecular complexity index is 874. The molecular weight excluding hydrogens is 343 g/mol. The van der Waals surface area contributed by atoms with Crippen molar-refractivity contribution in [1.82, 2.24) is 0 Å². The van der Waals surface area contributed by atoms with Crippen molar-refractivity contribution < 1.29 is 4.39 Å². The fourth-order valence-electron chi connectivity index (χ4n) is 4.78. The lowest BCUT2D eigenvalue weighted by molar-refractivity contribution is 0.206. The summed E-state index contributed by atoms with van der Waals surface area (Å²) in [6.45, 7) is 2.33. The molecule has 2 aliphatic rings. The van der Waals surface area contributed by atoms with Crippen LogP contribution in [0.4, 0.5) is 4.39 Å². The monoisotopic (exact) mass is 366 g/mol. The quantitative estimate of drug-likeness (QED) is 0.490. The van der Waals surface area contributed by atoms with E-state index in [1.165, 1.54) is 43.7 Å². The topological polar surface area (TPSA) is 0 Å². The van der Waals surface area contributed by atoms with Crippen LogP contribution in [-0.4, -0.2) is 0 Å². The van der Waals surface area contributed by atoms with E-state index in [1.807, 2.05) is 0 Å². The Morgan fingerprint density at radius 1 is 1.04 bits per heavy atom.